The Morgan fingerprint density at radius 1 is 1.62 bits per heavy atom. The van der Waals surface area contributed by atoms with Crippen LogP contribution in [0.4, 0.5) is 0 Å². The molecule has 3 N–H and O–H groups in total. The molecule has 1 saturated carbocycles. The number of carbonyl (C=O) groups is 2. The molecule has 2 amide bonds. The minimum absolute atomic E-state index is 0. The van der Waals surface area contributed by atoms with Gasteiger partial charge in [-0.25, -0.2) is 0 Å². The maximum Gasteiger partial charge on any atom is 0.234 e. The minimum Gasteiger partial charge on any atom is -0.350 e. The molecule has 16 heavy (non-hydrogen) atoms. The van der Waals surface area contributed by atoms with E-state index in [1.54, 1.807) is 0 Å². The third-order valence-electron chi connectivity index (χ3n) is 3.18. The Kier molecular flexibility index (Phi) is 4.15. The number of carbonyl (C=O) groups excluding carboxylic acids is 2. The maximum absolute atomic E-state index is 11.6. The second kappa shape index (κ2) is 5.01. The van der Waals surface area contributed by atoms with Gasteiger partial charge in [0.25, 0.3) is 0 Å². The summed E-state index contributed by atoms with van der Waals surface area (Å²) in [5.41, 5.74) is 5.20. The van der Waals surface area contributed by atoms with Crippen LogP contribution < -0.4 is 11.1 Å². The number of nitrogens with one attached hydrogen (secondary N) is 1. The SMILES string of the molecule is CC1CC1N1CC(NC(=O)CN)CC1=O.Cl. The zero-order valence-corrected chi connectivity index (χ0v) is 10.1. The third-order valence-corrected chi connectivity index (χ3v) is 3.18. The number of nitrogens with zero attached hydrogens (tertiary/aromatic N) is 1. The fourth-order valence-corrected chi connectivity index (χ4v) is 2.17. The van der Waals surface area contributed by atoms with E-state index in [0.29, 0.717) is 24.9 Å². The molecule has 0 bridgehead atoms. The van der Waals surface area contributed by atoms with E-state index in [4.69, 9.17) is 5.73 Å². The summed E-state index contributed by atoms with van der Waals surface area (Å²) in [6.45, 7) is 2.79. The average Bonchev–Trinajstić information content (AvgIpc) is 2.79. The summed E-state index contributed by atoms with van der Waals surface area (Å²) in [6.07, 6.45) is 1.53. The molecule has 1 aliphatic carbocycles. The number of amides is 2. The Morgan fingerprint density at radius 2 is 2.25 bits per heavy atom. The molecule has 1 saturated heterocycles. The molecule has 92 valence electrons. The van der Waals surface area contributed by atoms with Crippen molar-refractivity contribution in [3.8, 4) is 0 Å². The lowest BCUT2D eigenvalue weighted by atomic mass is 10.2. The van der Waals surface area contributed by atoms with Crippen LogP contribution >= 0.6 is 12.4 Å². The summed E-state index contributed by atoms with van der Waals surface area (Å²) in [7, 11) is 0. The molecule has 0 aromatic rings. The van der Waals surface area contributed by atoms with Gasteiger partial charge in [0, 0.05) is 19.0 Å². The lowest BCUT2D eigenvalue weighted by molar-refractivity contribution is -0.128. The summed E-state index contributed by atoms with van der Waals surface area (Å²) >= 11 is 0. The van der Waals surface area contributed by atoms with Crippen molar-refractivity contribution in [2.45, 2.75) is 31.8 Å². The Bertz CT molecular complexity index is 298. The normalized spacial score (nSPS) is 32.2. The first-order chi connectivity index (χ1) is 7.11. The first kappa shape index (κ1) is 13.3. The van der Waals surface area contributed by atoms with Crippen molar-refractivity contribution in [1.82, 2.24) is 10.2 Å². The number of hydrogen-bond donors (Lipinski definition) is 2. The van der Waals surface area contributed by atoms with Gasteiger partial charge in [0.15, 0.2) is 0 Å². The van der Waals surface area contributed by atoms with E-state index in [9.17, 15) is 9.59 Å². The second-order valence-electron chi connectivity index (χ2n) is 4.50. The highest BCUT2D eigenvalue weighted by atomic mass is 35.5. The molecule has 0 radical (unpaired) electrons. The van der Waals surface area contributed by atoms with Gasteiger partial charge in [-0.05, 0) is 12.3 Å². The van der Waals surface area contributed by atoms with Crippen LogP contribution in [0.25, 0.3) is 0 Å². The van der Waals surface area contributed by atoms with E-state index < -0.39 is 0 Å². The van der Waals surface area contributed by atoms with Gasteiger partial charge >= 0.3 is 0 Å². The van der Waals surface area contributed by atoms with Crippen LogP contribution in [-0.2, 0) is 9.59 Å². The molecule has 0 aromatic heterocycles. The maximum atomic E-state index is 11.6. The Morgan fingerprint density at radius 3 is 2.75 bits per heavy atom. The topological polar surface area (TPSA) is 75.4 Å². The van der Waals surface area contributed by atoms with Crippen LogP contribution in [0.1, 0.15) is 19.8 Å². The molecular formula is C10H18ClN3O2. The van der Waals surface area contributed by atoms with Crippen molar-refractivity contribution in [3.05, 3.63) is 0 Å². The fourth-order valence-electron chi connectivity index (χ4n) is 2.17. The summed E-state index contributed by atoms with van der Waals surface area (Å²) in [5.74, 6) is 0.600. The summed E-state index contributed by atoms with van der Waals surface area (Å²) in [4.78, 5) is 24.6. The highest BCUT2D eigenvalue weighted by molar-refractivity contribution is 5.85. The van der Waals surface area contributed by atoms with Crippen LogP contribution in [0.2, 0.25) is 0 Å². The highest BCUT2D eigenvalue weighted by Gasteiger charge is 2.44. The van der Waals surface area contributed by atoms with E-state index in [-0.39, 0.29) is 36.8 Å². The zero-order chi connectivity index (χ0) is 11.0. The second-order valence-corrected chi connectivity index (χ2v) is 4.50. The number of likely N-dealkylation sites (tertiary alicyclic amines) is 1. The van der Waals surface area contributed by atoms with Crippen LogP contribution in [-0.4, -0.2) is 41.9 Å². The molecule has 2 aliphatic rings. The van der Waals surface area contributed by atoms with Gasteiger partial charge in [-0.1, -0.05) is 6.92 Å². The molecule has 3 atom stereocenters. The molecule has 5 nitrogen and oxygen atoms in total. The van der Waals surface area contributed by atoms with E-state index in [0.717, 1.165) is 6.42 Å². The highest BCUT2D eigenvalue weighted by Crippen LogP contribution is 2.37. The molecule has 2 rings (SSSR count). The predicted molar refractivity (Wildman–Crippen MR) is 62.1 cm³/mol. The first-order valence-corrected chi connectivity index (χ1v) is 5.40. The van der Waals surface area contributed by atoms with E-state index in [1.165, 1.54) is 0 Å². The molecule has 2 fully saturated rings. The number of nitrogens with two attached hydrogens (primary N) is 1. The smallest absolute Gasteiger partial charge is 0.234 e. The lowest BCUT2D eigenvalue weighted by Crippen LogP contribution is -2.40. The third kappa shape index (κ3) is 2.65. The van der Waals surface area contributed by atoms with Crippen LogP contribution in [0.3, 0.4) is 0 Å². The van der Waals surface area contributed by atoms with Gasteiger partial charge < -0.3 is 16.0 Å². The molecule has 0 aromatic carbocycles. The largest absolute Gasteiger partial charge is 0.350 e. The minimum atomic E-state index is -0.182. The van der Waals surface area contributed by atoms with Crippen molar-refractivity contribution in [2.75, 3.05) is 13.1 Å². The van der Waals surface area contributed by atoms with Crippen LogP contribution in [0, 0.1) is 5.92 Å². The number of halogens is 1. The van der Waals surface area contributed by atoms with Crippen molar-refractivity contribution in [2.24, 2.45) is 11.7 Å². The molecule has 1 heterocycles. The predicted octanol–water partition coefficient (Wildman–Crippen LogP) is -0.508. The molecule has 0 spiro atoms. The average molecular weight is 248 g/mol. The first-order valence-electron chi connectivity index (χ1n) is 5.40. The summed E-state index contributed by atoms with van der Waals surface area (Å²) in [5, 5.41) is 2.76. The van der Waals surface area contributed by atoms with Crippen molar-refractivity contribution in [1.29, 1.82) is 0 Å². The quantitative estimate of drug-likeness (QED) is 0.706. The van der Waals surface area contributed by atoms with Crippen molar-refractivity contribution < 1.29 is 9.59 Å². The van der Waals surface area contributed by atoms with Gasteiger partial charge in [0.05, 0.1) is 12.6 Å². The van der Waals surface area contributed by atoms with Gasteiger partial charge in [0.2, 0.25) is 11.8 Å². The molecular weight excluding hydrogens is 230 g/mol. The van der Waals surface area contributed by atoms with Gasteiger partial charge in [-0.3, -0.25) is 9.59 Å². The number of hydrogen-bond acceptors (Lipinski definition) is 3. The standard InChI is InChI=1S/C10H17N3O2.ClH/c1-6-2-8(6)13-5-7(3-10(13)15)12-9(14)4-11;/h6-8H,2-5,11H2,1H3,(H,12,14);1H. The van der Waals surface area contributed by atoms with Crippen LogP contribution in [0.15, 0.2) is 0 Å². The summed E-state index contributed by atoms with van der Waals surface area (Å²) in [6, 6.07) is 0.374. The van der Waals surface area contributed by atoms with Gasteiger partial charge in [-0.15, -0.1) is 12.4 Å². The molecule has 6 heteroatoms. The Labute approximate surface area is 101 Å². The van der Waals surface area contributed by atoms with Gasteiger partial charge in [-0.2, -0.15) is 0 Å². The number of rotatable bonds is 3. The van der Waals surface area contributed by atoms with Crippen molar-refractivity contribution in [3.63, 3.8) is 0 Å². The Hall–Kier alpha value is -0.810. The van der Waals surface area contributed by atoms with E-state index in [2.05, 4.69) is 12.2 Å². The van der Waals surface area contributed by atoms with Gasteiger partial charge in [0.1, 0.15) is 0 Å². The molecule has 1 aliphatic heterocycles. The van der Waals surface area contributed by atoms with E-state index in [1.807, 2.05) is 4.90 Å². The fraction of sp³-hybridized carbons (Fsp3) is 0.800. The van der Waals surface area contributed by atoms with E-state index >= 15 is 0 Å². The van der Waals surface area contributed by atoms with Crippen LogP contribution in [0.5, 0.6) is 0 Å². The summed E-state index contributed by atoms with van der Waals surface area (Å²) < 4.78 is 0. The zero-order valence-electron chi connectivity index (χ0n) is 9.31. The lowest BCUT2D eigenvalue weighted by Gasteiger charge is -2.16. The monoisotopic (exact) mass is 247 g/mol. The molecule has 3 unspecified atom stereocenters. The van der Waals surface area contributed by atoms with Crippen molar-refractivity contribution >= 4 is 24.2 Å². The Balaban J connectivity index is 0.00000128.